The van der Waals surface area contributed by atoms with Gasteiger partial charge in [0.25, 0.3) is 10.0 Å². The van der Waals surface area contributed by atoms with E-state index in [1.54, 1.807) is 48.5 Å². The Balaban J connectivity index is 1.39. The zero-order valence-corrected chi connectivity index (χ0v) is 22.4. The summed E-state index contributed by atoms with van der Waals surface area (Å²) in [4.78, 5) is 22.1. The Labute approximate surface area is 219 Å². The van der Waals surface area contributed by atoms with Crippen molar-refractivity contribution >= 4 is 33.3 Å². The van der Waals surface area contributed by atoms with Crippen LogP contribution in [0.2, 0.25) is 0 Å². The van der Waals surface area contributed by atoms with E-state index >= 15 is 0 Å². The van der Waals surface area contributed by atoms with Crippen molar-refractivity contribution in [3.05, 3.63) is 89.5 Å². The second kappa shape index (κ2) is 11.0. The Hall–Kier alpha value is -3.85. The molecule has 1 heterocycles. The third-order valence-corrected chi connectivity index (χ3v) is 7.69. The van der Waals surface area contributed by atoms with Crippen molar-refractivity contribution in [2.75, 3.05) is 25.4 Å². The second-order valence-corrected chi connectivity index (χ2v) is 10.9. The molecule has 4 rings (SSSR count). The fourth-order valence-corrected chi connectivity index (χ4v) is 5.42. The Morgan fingerprint density at radius 1 is 1.00 bits per heavy atom. The number of hydrogen-bond donors (Lipinski definition) is 2. The second-order valence-electron chi connectivity index (χ2n) is 9.26. The summed E-state index contributed by atoms with van der Waals surface area (Å²) in [6, 6.07) is 21.5. The minimum absolute atomic E-state index is 0.0672. The van der Waals surface area contributed by atoms with Crippen LogP contribution in [-0.4, -0.2) is 50.7 Å². The molecule has 0 bridgehead atoms. The first-order valence-electron chi connectivity index (χ1n) is 12.2. The van der Waals surface area contributed by atoms with Gasteiger partial charge < -0.3 is 15.1 Å². The predicted octanol–water partition coefficient (Wildman–Crippen LogP) is 4.43. The number of aryl methyl sites for hydroxylation is 1. The van der Waals surface area contributed by atoms with E-state index in [0.717, 1.165) is 34.9 Å². The van der Waals surface area contributed by atoms with Gasteiger partial charge in [-0.05, 0) is 49.7 Å². The van der Waals surface area contributed by atoms with Gasteiger partial charge >= 0.3 is 0 Å². The lowest BCUT2D eigenvalue weighted by Gasteiger charge is -2.39. The molecule has 3 aromatic carbocycles. The summed E-state index contributed by atoms with van der Waals surface area (Å²) in [5.74, 6) is 0.769. The van der Waals surface area contributed by atoms with Crippen molar-refractivity contribution in [1.29, 1.82) is 0 Å². The van der Waals surface area contributed by atoms with Crippen LogP contribution in [0.25, 0.3) is 0 Å². The summed E-state index contributed by atoms with van der Waals surface area (Å²) in [6.45, 7) is 5.04. The minimum Gasteiger partial charge on any atom is -0.352 e. The van der Waals surface area contributed by atoms with Crippen LogP contribution in [0.4, 0.5) is 11.4 Å². The molecule has 2 N–H and O–H groups in total. The molecule has 1 amide bonds. The number of nitrogens with zero attached hydrogens (tertiary/aromatic N) is 3. The fourth-order valence-electron chi connectivity index (χ4n) is 4.36. The number of benzene rings is 3. The first-order valence-corrected chi connectivity index (χ1v) is 13.7. The van der Waals surface area contributed by atoms with E-state index in [2.05, 4.69) is 21.9 Å². The molecule has 37 heavy (non-hydrogen) atoms. The van der Waals surface area contributed by atoms with Crippen LogP contribution in [0.5, 0.6) is 0 Å². The monoisotopic (exact) mass is 519 g/mol. The predicted molar refractivity (Wildman–Crippen MR) is 147 cm³/mol. The summed E-state index contributed by atoms with van der Waals surface area (Å²) >= 11 is 0. The molecule has 0 saturated carbocycles. The maximum atomic E-state index is 13.0. The number of carbonyl (C=O) groups is 1. The third kappa shape index (κ3) is 6.11. The number of carbonyl (C=O) groups excluding carboxylic acids is 1. The molecule has 1 atom stereocenters. The average Bonchev–Trinajstić information content (AvgIpc) is 2.88. The molecule has 3 aromatic rings. The van der Waals surface area contributed by atoms with E-state index in [9.17, 15) is 13.2 Å². The number of guanidine groups is 1. The van der Waals surface area contributed by atoms with Crippen molar-refractivity contribution < 1.29 is 13.2 Å². The number of para-hydroxylation sites is 1. The van der Waals surface area contributed by atoms with Crippen LogP contribution < -0.4 is 10.0 Å². The van der Waals surface area contributed by atoms with Crippen molar-refractivity contribution in [2.45, 2.75) is 37.8 Å². The molecule has 9 heteroatoms. The van der Waals surface area contributed by atoms with E-state index in [1.807, 2.05) is 50.2 Å². The van der Waals surface area contributed by atoms with Crippen LogP contribution in [0.15, 0.2) is 82.7 Å². The van der Waals surface area contributed by atoms with Crippen LogP contribution in [-0.2, 0) is 21.4 Å². The van der Waals surface area contributed by atoms with Gasteiger partial charge in [0, 0.05) is 38.4 Å². The van der Waals surface area contributed by atoms with Gasteiger partial charge in [-0.1, -0.05) is 48.0 Å². The van der Waals surface area contributed by atoms with Crippen molar-refractivity contribution in [1.82, 2.24) is 15.1 Å². The van der Waals surface area contributed by atoms with Gasteiger partial charge in [-0.15, -0.1) is 0 Å². The molecule has 1 aliphatic rings. The minimum atomic E-state index is -3.67. The Kier molecular flexibility index (Phi) is 7.83. The van der Waals surface area contributed by atoms with E-state index in [4.69, 9.17) is 4.99 Å². The summed E-state index contributed by atoms with van der Waals surface area (Å²) < 4.78 is 27.8. The molecular formula is C28H33N5O3S. The Bertz CT molecular complexity index is 1380. The summed E-state index contributed by atoms with van der Waals surface area (Å²) in [5.41, 5.74) is 4.25. The third-order valence-electron chi connectivity index (χ3n) is 6.30. The van der Waals surface area contributed by atoms with Crippen LogP contribution in [0.1, 0.15) is 36.1 Å². The Morgan fingerprint density at radius 2 is 1.68 bits per heavy atom. The molecule has 0 aromatic heterocycles. The molecule has 0 aliphatic carbocycles. The SMILES string of the molecule is CCN1C(N(C)C)=Nc2ccccc2C1CC(=O)NCc1ccc(NS(=O)(=O)c2ccc(C)cc2)cc1. The lowest BCUT2D eigenvalue weighted by molar-refractivity contribution is -0.122. The topological polar surface area (TPSA) is 94.1 Å². The maximum Gasteiger partial charge on any atom is 0.261 e. The number of sulfonamides is 1. The summed E-state index contributed by atoms with van der Waals surface area (Å²) in [6.07, 6.45) is 0.298. The standard InChI is InChI=1S/C28H33N5O3S/c1-5-33-26(24-8-6-7-9-25(24)30-28(33)32(3)4)18-27(34)29-19-21-12-14-22(15-13-21)31-37(35,36)23-16-10-20(2)11-17-23/h6-17,26,31H,5,18-19H2,1-4H3,(H,29,34). The highest BCUT2D eigenvalue weighted by Gasteiger charge is 2.31. The largest absolute Gasteiger partial charge is 0.352 e. The smallest absolute Gasteiger partial charge is 0.261 e. The number of anilines is 1. The van der Waals surface area contributed by atoms with E-state index in [-0.39, 0.29) is 16.8 Å². The fraction of sp³-hybridized carbons (Fsp3) is 0.286. The lowest BCUT2D eigenvalue weighted by atomic mass is 9.98. The maximum absolute atomic E-state index is 13.0. The molecule has 1 unspecified atom stereocenters. The van der Waals surface area contributed by atoms with Gasteiger partial charge in [0.2, 0.25) is 11.9 Å². The van der Waals surface area contributed by atoms with E-state index in [1.165, 1.54) is 0 Å². The first kappa shape index (κ1) is 26.2. The summed E-state index contributed by atoms with van der Waals surface area (Å²) in [7, 11) is 0.245. The number of nitrogens with one attached hydrogen (secondary N) is 2. The average molecular weight is 520 g/mol. The lowest BCUT2D eigenvalue weighted by Crippen LogP contribution is -2.45. The highest BCUT2D eigenvalue weighted by Crippen LogP contribution is 2.37. The van der Waals surface area contributed by atoms with Gasteiger partial charge in [-0.3, -0.25) is 9.52 Å². The summed E-state index contributed by atoms with van der Waals surface area (Å²) in [5, 5.41) is 3.01. The molecule has 8 nitrogen and oxygen atoms in total. The molecule has 0 saturated heterocycles. The zero-order valence-electron chi connectivity index (χ0n) is 21.6. The molecule has 0 spiro atoms. The molecule has 1 aliphatic heterocycles. The zero-order chi connectivity index (χ0) is 26.6. The van der Waals surface area contributed by atoms with Crippen LogP contribution in [0, 0.1) is 6.92 Å². The molecular weight excluding hydrogens is 486 g/mol. The van der Waals surface area contributed by atoms with Gasteiger partial charge in [0.15, 0.2) is 0 Å². The number of rotatable bonds is 8. The number of amides is 1. The van der Waals surface area contributed by atoms with Gasteiger partial charge in [-0.25, -0.2) is 13.4 Å². The quantitative estimate of drug-likeness (QED) is 0.459. The van der Waals surface area contributed by atoms with Crippen molar-refractivity contribution in [2.24, 2.45) is 4.99 Å². The molecule has 0 radical (unpaired) electrons. The number of fused-ring (bicyclic) bond motifs is 1. The molecule has 194 valence electrons. The normalized spacial score (nSPS) is 15.0. The molecule has 0 fully saturated rings. The number of aliphatic imine (C=N–C) groups is 1. The highest BCUT2D eigenvalue weighted by molar-refractivity contribution is 7.92. The Morgan fingerprint density at radius 3 is 2.32 bits per heavy atom. The van der Waals surface area contributed by atoms with Gasteiger partial charge in [0.1, 0.15) is 0 Å². The van der Waals surface area contributed by atoms with E-state index < -0.39 is 10.0 Å². The van der Waals surface area contributed by atoms with Gasteiger partial charge in [0.05, 0.1) is 23.0 Å². The van der Waals surface area contributed by atoms with Crippen molar-refractivity contribution in [3.8, 4) is 0 Å². The van der Waals surface area contributed by atoms with Crippen LogP contribution >= 0.6 is 0 Å². The highest BCUT2D eigenvalue weighted by atomic mass is 32.2. The first-order chi connectivity index (χ1) is 17.7. The number of hydrogen-bond acceptors (Lipinski definition) is 6. The van der Waals surface area contributed by atoms with Crippen molar-refractivity contribution in [3.63, 3.8) is 0 Å². The van der Waals surface area contributed by atoms with Gasteiger partial charge in [-0.2, -0.15) is 0 Å². The van der Waals surface area contributed by atoms with Crippen LogP contribution in [0.3, 0.4) is 0 Å². The van der Waals surface area contributed by atoms with E-state index in [0.29, 0.717) is 18.7 Å².